The van der Waals surface area contributed by atoms with E-state index in [1.807, 2.05) is 0 Å². The Labute approximate surface area is 117 Å². The van der Waals surface area contributed by atoms with Crippen LogP contribution in [0.5, 0.6) is 0 Å². The number of carboxylic acid groups (broad SMARTS) is 1. The maximum atomic E-state index is 10.8. The van der Waals surface area contributed by atoms with Gasteiger partial charge in [0.25, 0.3) is 5.69 Å². The molecule has 0 atom stereocenters. The van der Waals surface area contributed by atoms with Crippen molar-refractivity contribution in [1.29, 1.82) is 0 Å². The summed E-state index contributed by atoms with van der Waals surface area (Å²) in [5.74, 6) is -0.599. The Morgan fingerprint density at radius 3 is 2.11 bits per heavy atom. The first-order chi connectivity index (χ1) is 8.58. The lowest BCUT2D eigenvalue weighted by atomic mass is 9.79. The van der Waals surface area contributed by atoms with Crippen LogP contribution in [0.2, 0.25) is 0 Å². The maximum Gasteiger partial charge on any atom is 0.306 e. The minimum absolute atomic E-state index is 0. The third-order valence-electron chi connectivity index (χ3n) is 3.65. The Balaban J connectivity index is 0.00000180. The van der Waals surface area contributed by atoms with Crippen molar-refractivity contribution in [3.63, 3.8) is 0 Å². The van der Waals surface area contributed by atoms with E-state index in [4.69, 9.17) is 5.11 Å². The number of benzene rings is 1. The second-order valence-corrected chi connectivity index (χ2v) is 4.74. The fraction of sp³-hybridized carbons (Fsp3) is 0.462. The highest BCUT2D eigenvalue weighted by Crippen LogP contribution is 2.36. The number of hydrogen-bond acceptors (Lipinski definition) is 3. The summed E-state index contributed by atoms with van der Waals surface area (Å²) in [6.07, 6.45) is 3.07. The lowest BCUT2D eigenvalue weighted by Crippen LogP contribution is -2.20. The normalized spacial score (nSPS) is 22.3. The number of carboxylic acids is 1. The molecule has 0 spiro atoms. The van der Waals surface area contributed by atoms with E-state index in [2.05, 4.69) is 0 Å². The van der Waals surface area contributed by atoms with Crippen LogP contribution in [0.4, 0.5) is 5.69 Å². The smallest absolute Gasteiger partial charge is 0.306 e. The maximum absolute atomic E-state index is 10.8. The molecule has 6 heteroatoms. The molecule has 104 valence electrons. The molecule has 1 aromatic carbocycles. The van der Waals surface area contributed by atoms with Gasteiger partial charge in [0.1, 0.15) is 0 Å². The number of carbonyl (C=O) groups is 1. The molecule has 2 rings (SSSR count). The summed E-state index contributed by atoms with van der Waals surface area (Å²) in [6.45, 7) is 0. The highest BCUT2D eigenvalue weighted by molar-refractivity contribution is 5.85. The number of nitro groups is 1. The van der Waals surface area contributed by atoms with Crippen LogP contribution in [0.3, 0.4) is 0 Å². The third-order valence-corrected chi connectivity index (χ3v) is 3.65. The van der Waals surface area contributed by atoms with Gasteiger partial charge in [-0.1, -0.05) is 12.1 Å². The number of non-ortho nitro benzene ring substituents is 1. The average Bonchev–Trinajstić information content (AvgIpc) is 2.39. The van der Waals surface area contributed by atoms with E-state index in [1.54, 1.807) is 12.1 Å². The first-order valence-electron chi connectivity index (χ1n) is 6.05. The van der Waals surface area contributed by atoms with Crippen LogP contribution >= 0.6 is 12.4 Å². The van der Waals surface area contributed by atoms with Gasteiger partial charge in [0.2, 0.25) is 0 Å². The van der Waals surface area contributed by atoms with Gasteiger partial charge < -0.3 is 5.11 Å². The van der Waals surface area contributed by atoms with Gasteiger partial charge in [-0.2, -0.15) is 0 Å². The summed E-state index contributed by atoms with van der Waals surface area (Å²) in [6, 6.07) is 6.59. The molecule has 1 fully saturated rings. The minimum atomic E-state index is -0.711. The molecule has 0 aromatic heterocycles. The zero-order valence-corrected chi connectivity index (χ0v) is 11.1. The van der Waals surface area contributed by atoms with Gasteiger partial charge in [0, 0.05) is 12.1 Å². The molecule has 1 saturated carbocycles. The Hall–Kier alpha value is -1.62. The molecule has 1 N–H and O–H groups in total. The van der Waals surface area contributed by atoms with Crippen LogP contribution in [0.15, 0.2) is 24.3 Å². The van der Waals surface area contributed by atoms with Crippen molar-refractivity contribution in [3.05, 3.63) is 39.9 Å². The van der Waals surface area contributed by atoms with E-state index in [1.165, 1.54) is 12.1 Å². The fourth-order valence-electron chi connectivity index (χ4n) is 2.54. The number of nitro benzene ring substituents is 1. The lowest BCUT2D eigenvalue weighted by molar-refractivity contribution is -0.384. The summed E-state index contributed by atoms with van der Waals surface area (Å²) < 4.78 is 0. The average molecular weight is 286 g/mol. The molecule has 0 aliphatic heterocycles. The van der Waals surface area contributed by atoms with E-state index >= 15 is 0 Å². The van der Waals surface area contributed by atoms with Gasteiger partial charge in [-0.25, -0.2) is 0 Å². The van der Waals surface area contributed by atoms with Crippen LogP contribution in [0, 0.1) is 16.0 Å². The molecule has 0 bridgehead atoms. The van der Waals surface area contributed by atoms with Crippen molar-refractivity contribution in [3.8, 4) is 0 Å². The summed E-state index contributed by atoms with van der Waals surface area (Å²) in [5, 5.41) is 19.5. The molecule has 0 radical (unpaired) electrons. The van der Waals surface area contributed by atoms with Crippen molar-refractivity contribution < 1.29 is 14.8 Å². The highest BCUT2D eigenvalue weighted by atomic mass is 35.5. The van der Waals surface area contributed by atoms with Gasteiger partial charge in [-0.15, -0.1) is 12.4 Å². The predicted octanol–water partition coefficient (Wildman–Crippen LogP) is 3.38. The fourth-order valence-corrected chi connectivity index (χ4v) is 2.54. The van der Waals surface area contributed by atoms with E-state index in [-0.39, 0.29) is 24.0 Å². The van der Waals surface area contributed by atoms with Crippen LogP contribution in [-0.4, -0.2) is 16.0 Å². The molecule has 1 aliphatic carbocycles. The standard InChI is InChI=1S/C13H15NO4.ClH/c15-13(16)11-3-1-9(2-4-11)10-5-7-12(8-6-10)14(17)18;/h5-9,11H,1-4H2,(H,15,16);1H/t9-,11-;. The van der Waals surface area contributed by atoms with E-state index in [9.17, 15) is 14.9 Å². The molecule has 0 saturated heterocycles. The molecular weight excluding hydrogens is 270 g/mol. The Kier molecular flexibility index (Phi) is 5.30. The van der Waals surface area contributed by atoms with Crippen molar-refractivity contribution >= 4 is 24.1 Å². The lowest BCUT2D eigenvalue weighted by Gasteiger charge is -2.26. The van der Waals surface area contributed by atoms with Crippen LogP contribution in [0.25, 0.3) is 0 Å². The number of halogens is 1. The van der Waals surface area contributed by atoms with Crippen LogP contribution in [-0.2, 0) is 4.79 Å². The van der Waals surface area contributed by atoms with Crippen molar-refractivity contribution in [2.45, 2.75) is 31.6 Å². The number of hydrogen-bond donors (Lipinski definition) is 1. The molecule has 0 amide bonds. The molecule has 19 heavy (non-hydrogen) atoms. The third kappa shape index (κ3) is 3.67. The van der Waals surface area contributed by atoms with Gasteiger partial charge >= 0.3 is 5.97 Å². The molecule has 1 aliphatic rings. The highest BCUT2D eigenvalue weighted by Gasteiger charge is 2.26. The van der Waals surface area contributed by atoms with Gasteiger partial charge in [-0.3, -0.25) is 14.9 Å². The topological polar surface area (TPSA) is 80.4 Å². The summed E-state index contributed by atoms with van der Waals surface area (Å²) in [4.78, 5) is 21.0. The quantitative estimate of drug-likeness (QED) is 0.682. The van der Waals surface area contributed by atoms with Crippen LogP contribution in [0.1, 0.15) is 37.2 Å². The van der Waals surface area contributed by atoms with E-state index in [0.29, 0.717) is 18.8 Å². The van der Waals surface area contributed by atoms with E-state index < -0.39 is 10.9 Å². The summed E-state index contributed by atoms with van der Waals surface area (Å²) in [7, 11) is 0. The number of nitrogens with zero attached hydrogens (tertiary/aromatic N) is 1. The SMILES string of the molecule is Cl.O=C(O)[C@H]1CC[C@H](c2ccc([N+](=O)[O-])cc2)CC1. The molecule has 1 aromatic rings. The first kappa shape index (κ1) is 15.4. The predicted molar refractivity (Wildman–Crippen MR) is 72.7 cm³/mol. The Morgan fingerprint density at radius 2 is 1.68 bits per heavy atom. The summed E-state index contributed by atoms with van der Waals surface area (Å²) in [5.41, 5.74) is 1.17. The summed E-state index contributed by atoms with van der Waals surface area (Å²) >= 11 is 0. The van der Waals surface area contributed by atoms with Gasteiger partial charge in [0.15, 0.2) is 0 Å². The Bertz CT molecular complexity index is 452. The van der Waals surface area contributed by atoms with Crippen LogP contribution < -0.4 is 0 Å². The number of aliphatic carboxylic acids is 1. The monoisotopic (exact) mass is 285 g/mol. The molecule has 0 unspecified atom stereocenters. The largest absolute Gasteiger partial charge is 0.481 e. The second-order valence-electron chi connectivity index (χ2n) is 4.74. The van der Waals surface area contributed by atoms with Crippen molar-refractivity contribution in [2.75, 3.05) is 0 Å². The zero-order valence-electron chi connectivity index (χ0n) is 10.3. The number of rotatable bonds is 3. The van der Waals surface area contributed by atoms with E-state index in [0.717, 1.165) is 18.4 Å². The van der Waals surface area contributed by atoms with Crippen molar-refractivity contribution in [1.82, 2.24) is 0 Å². The zero-order chi connectivity index (χ0) is 13.1. The molecule has 5 nitrogen and oxygen atoms in total. The van der Waals surface area contributed by atoms with Crippen molar-refractivity contribution in [2.24, 2.45) is 5.92 Å². The minimum Gasteiger partial charge on any atom is -0.481 e. The molecule has 0 heterocycles. The molecular formula is C13H16ClNO4. The van der Waals surface area contributed by atoms with Gasteiger partial charge in [-0.05, 0) is 37.2 Å². The Morgan fingerprint density at radius 1 is 1.16 bits per heavy atom. The first-order valence-corrected chi connectivity index (χ1v) is 6.05. The van der Waals surface area contributed by atoms with Gasteiger partial charge in [0.05, 0.1) is 10.8 Å². The second kappa shape index (κ2) is 6.52.